The number of hydrogen-bond donors (Lipinski definition) is 1. The molecule has 0 aliphatic carbocycles. The molecule has 4 aromatic rings. The molecule has 0 bridgehead atoms. The molecule has 10 heteroatoms. The van der Waals surface area contributed by atoms with Gasteiger partial charge in [0.05, 0.1) is 21.6 Å². The fourth-order valence-electron chi connectivity index (χ4n) is 3.87. The molecule has 0 amide bonds. The Balaban J connectivity index is 1.74. The smallest absolute Gasteiger partial charge is 0.289 e. The van der Waals surface area contributed by atoms with Gasteiger partial charge < -0.3 is 4.57 Å². The van der Waals surface area contributed by atoms with Gasteiger partial charge in [0.2, 0.25) is 10.0 Å². The Hall–Kier alpha value is -2.96. The SMILES string of the molecule is CCC(NS(=O)(=O)c1c(Cl)cc(-c2ccncc2)cc1Cl)C(F)(C#N)n1ccc2ccccc21. The summed E-state index contributed by atoms with van der Waals surface area (Å²) in [6.07, 6.45) is 4.58. The van der Waals surface area contributed by atoms with Crippen molar-refractivity contribution in [2.75, 3.05) is 0 Å². The Morgan fingerprint density at radius 1 is 1.12 bits per heavy atom. The summed E-state index contributed by atoms with van der Waals surface area (Å²) in [6.45, 7) is 1.58. The number of alkyl halides is 1. The van der Waals surface area contributed by atoms with Crippen molar-refractivity contribution in [2.45, 2.75) is 30.1 Å². The van der Waals surface area contributed by atoms with Crippen LogP contribution in [-0.4, -0.2) is 24.0 Å². The van der Waals surface area contributed by atoms with Crippen molar-refractivity contribution in [3.05, 3.63) is 83.2 Å². The fraction of sp³-hybridized carbons (Fsp3) is 0.167. The first-order valence-corrected chi connectivity index (χ1v) is 12.5. The molecule has 0 spiro atoms. The first-order chi connectivity index (χ1) is 16.2. The van der Waals surface area contributed by atoms with Crippen LogP contribution in [0, 0.1) is 11.3 Å². The van der Waals surface area contributed by atoms with Gasteiger partial charge in [-0.2, -0.15) is 5.26 Å². The maximum absolute atomic E-state index is 16.2. The maximum atomic E-state index is 16.2. The second kappa shape index (κ2) is 9.35. The molecule has 4 rings (SSSR count). The Labute approximate surface area is 206 Å². The van der Waals surface area contributed by atoms with Crippen LogP contribution >= 0.6 is 23.2 Å². The van der Waals surface area contributed by atoms with Gasteiger partial charge in [-0.05, 0) is 59.3 Å². The molecule has 174 valence electrons. The van der Waals surface area contributed by atoms with Crippen molar-refractivity contribution >= 4 is 44.1 Å². The van der Waals surface area contributed by atoms with E-state index in [1.165, 1.54) is 18.3 Å². The molecule has 2 heterocycles. The van der Waals surface area contributed by atoms with E-state index in [2.05, 4.69) is 9.71 Å². The van der Waals surface area contributed by atoms with Crippen molar-refractivity contribution in [3.63, 3.8) is 0 Å². The molecule has 2 aromatic heterocycles. The Kier molecular flexibility index (Phi) is 6.65. The van der Waals surface area contributed by atoms with Crippen LogP contribution in [-0.2, 0) is 15.8 Å². The highest BCUT2D eigenvalue weighted by Gasteiger charge is 2.44. The first-order valence-electron chi connectivity index (χ1n) is 10.3. The van der Waals surface area contributed by atoms with E-state index in [9.17, 15) is 13.7 Å². The lowest BCUT2D eigenvalue weighted by atomic mass is 10.0. The first kappa shape index (κ1) is 24.2. The number of benzene rings is 2. The van der Waals surface area contributed by atoms with Gasteiger partial charge in [-0.3, -0.25) is 4.98 Å². The van der Waals surface area contributed by atoms with Crippen LogP contribution in [0.25, 0.3) is 22.0 Å². The Morgan fingerprint density at radius 3 is 2.38 bits per heavy atom. The summed E-state index contributed by atoms with van der Waals surface area (Å²) in [6, 6.07) is 15.2. The largest absolute Gasteiger partial charge is 0.302 e. The molecular formula is C24H19Cl2FN4O2S. The van der Waals surface area contributed by atoms with E-state index in [0.717, 1.165) is 15.5 Å². The summed E-state index contributed by atoms with van der Waals surface area (Å²) in [7, 11) is -4.40. The number of para-hydroxylation sites is 1. The molecule has 0 fully saturated rings. The third-order valence-corrected chi connectivity index (χ3v) is 7.95. The Bertz CT molecular complexity index is 1480. The van der Waals surface area contributed by atoms with Crippen molar-refractivity contribution in [3.8, 4) is 17.2 Å². The van der Waals surface area contributed by atoms with Gasteiger partial charge in [-0.15, -0.1) is 0 Å². The third-order valence-electron chi connectivity index (χ3n) is 5.55. The third kappa shape index (κ3) is 4.28. The van der Waals surface area contributed by atoms with Gasteiger partial charge in [0.15, 0.2) is 0 Å². The lowest BCUT2D eigenvalue weighted by Crippen LogP contribution is -2.50. The lowest BCUT2D eigenvalue weighted by molar-refractivity contribution is 0.0996. The zero-order valence-electron chi connectivity index (χ0n) is 17.9. The van der Waals surface area contributed by atoms with Crippen molar-refractivity contribution in [2.24, 2.45) is 0 Å². The number of sulfonamides is 1. The minimum Gasteiger partial charge on any atom is -0.302 e. The summed E-state index contributed by atoms with van der Waals surface area (Å²) in [5.41, 5.74) is 1.80. The minimum atomic E-state index is -4.40. The summed E-state index contributed by atoms with van der Waals surface area (Å²) < 4.78 is 46.3. The summed E-state index contributed by atoms with van der Waals surface area (Å²) in [5, 5.41) is 10.3. The standard InChI is InChI=1S/C24H19Cl2FN4O2S/c1-2-22(24(27,15-28)31-12-9-17-5-3-4-6-21(17)31)30-34(32,33)23-19(25)13-18(14-20(23)26)16-7-10-29-11-8-16/h3-14,22,30H,2H2,1H3. The minimum absolute atomic E-state index is 0.0138. The van der Waals surface area contributed by atoms with Crippen LogP contribution in [0.5, 0.6) is 0 Å². The number of nitrogens with one attached hydrogen (secondary N) is 1. The lowest BCUT2D eigenvalue weighted by Gasteiger charge is -2.30. The highest BCUT2D eigenvalue weighted by molar-refractivity contribution is 7.89. The average Bonchev–Trinajstić information content (AvgIpc) is 3.27. The predicted molar refractivity (Wildman–Crippen MR) is 131 cm³/mol. The molecule has 0 aliphatic rings. The molecule has 0 saturated carbocycles. The molecule has 6 nitrogen and oxygen atoms in total. The zero-order chi connectivity index (χ0) is 24.5. The summed E-state index contributed by atoms with van der Waals surface area (Å²) in [4.78, 5) is 3.57. The van der Waals surface area contributed by atoms with E-state index in [-0.39, 0.29) is 21.4 Å². The van der Waals surface area contributed by atoms with Gasteiger partial charge in [0.1, 0.15) is 11.0 Å². The normalized spacial score (nSPS) is 14.4. The zero-order valence-corrected chi connectivity index (χ0v) is 20.2. The van der Waals surface area contributed by atoms with Gasteiger partial charge >= 0.3 is 0 Å². The quantitative estimate of drug-likeness (QED) is 0.330. The second-order valence-corrected chi connectivity index (χ2v) is 10.1. The summed E-state index contributed by atoms with van der Waals surface area (Å²) >= 11 is 12.7. The van der Waals surface area contributed by atoms with E-state index >= 15 is 4.39 Å². The molecule has 0 saturated heterocycles. The highest BCUT2D eigenvalue weighted by Crippen LogP contribution is 2.36. The molecule has 2 unspecified atom stereocenters. The molecule has 1 N–H and O–H groups in total. The van der Waals surface area contributed by atoms with E-state index in [1.54, 1.807) is 67.9 Å². The van der Waals surface area contributed by atoms with E-state index < -0.39 is 21.9 Å². The number of nitrogens with zero attached hydrogens (tertiary/aromatic N) is 3. The number of aromatic nitrogens is 2. The Morgan fingerprint density at radius 2 is 1.76 bits per heavy atom. The van der Waals surface area contributed by atoms with Crippen LogP contribution in [0.1, 0.15) is 13.3 Å². The summed E-state index contributed by atoms with van der Waals surface area (Å²) in [5.74, 6) is -2.71. The number of nitriles is 1. The number of rotatable bonds is 7. The van der Waals surface area contributed by atoms with Gasteiger partial charge in [0.25, 0.3) is 5.79 Å². The van der Waals surface area contributed by atoms with Crippen LogP contribution in [0.4, 0.5) is 4.39 Å². The van der Waals surface area contributed by atoms with Gasteiger partial charge in [-0.1, -0.05) is 48.3 Å². The topological polar surface area (TPSA) is 87.8 Å². The maximum Gasteiger partial charge on any atom is 0.289 e. The molecule has 0 aliphatic heterocycles. The van der Waals surface area contributed by atoms with Crippen molar-refractivity contribution < 1.29 is 12.8 Å². The van der Waals surface area contributed by atoms with Crippen LogP contribution in [0.2, 0.25) is 10.0 Å². The molecular weight excluding hydrogens is 498 g/mol. The molecule has 0 radical (unpaired) electrons. The monoisotopic (exact) mass is 516 g/mol. The van der Waals surface area contributed by atoms with Crippen LogP contribution < -0.4 is 4.72 Å². The van der Waals surface area contributed by atoms with Gasteiger partial charge in [0, 0.05) is 18.6 Å². The highest BCUT2D eigenvalue weighted by atomic mass is 35.5. The average molecular weight is 517 g/mol. The predicted octanol–water partition coefficient (Wildman–Crippen LogP) is 5.91. The number of fused-ring (bicyclic) bond motifs is 1. The molecule has 2 aromatic carbocycles. The van der Waals surface area contributed by atoms with E-state index in [4.69, 9.17) is 23.2 Å². The van der Waals surface area contributed by atoms with Crippen molar-refractivity contribution in [1.82, 2.24) is 14.3 Å². The van der Waals surface area contributed by atoms with E-state index in [0.29, 0.717) is 11.1 Å². The van der Waals surface area contributed by atoms with E-state index in [1.807, 2.05) is 0 Å². The number of hydrogen-bond acceptors (Lipinski definition) is 4. The second-order valence-electron chi connectivity index (χ2n) is 7.62. The fourth-order valence-corrected chi connectivity index (χ4v) is 6.42. The van der Waals surface area contributed by atoms with Crippen LogP contribution in [0.3, 0.4) is 0 Å². The number of pyridine rings is 1. The number of halogens is 3. The van der Waals surface area contributed by atoms with Crippen molar-refractivity contribution in [1.29, 1.82) is 5.26 Å². The molecule has 34 heavy (non-hydrogen) atoms. The van der Waals surface area contributed by atoms with Crippen LogP contribution in [0.15, 0.2) is 78.1 Å². The van der Waals surface area contributed by atoms with Gasteiger partial charge in [-0.25, -0.2) is 17.5 Å². The molecule has 2 atom stereocenters.